The number of carbonyl (C=O) groups is 2. The van der Waals surface area contributed by atoms with E-state index in [0.717, 1.165) is 29.7 Å². The second-order valence-electron chi connectivity index (χ2n) is 8.10. The maximum atomic E-state index is 13.3. The summed E-state index contributed by atoms with van der Waals surface area (Å²) < 4.78 is 0. The molecule has 1 aliphatic rings. The number of nitrogens with zero attached hydrogens (tertiary/aromatic N) is 1. The molecule has 0 radical (unpaired) electrons. The van der Waals surface area contributed by atoms with Crippen molar-refractivity contribution < 1.29 is 9.59 Å². The Hall–Kier alpha value is -3.60. The first-order chi connectivity index (χ1) is 15.7. The van der Waals surface area contributed by atoms with E-state index in [4.69, 9.17) is 0 Å². The average Bonchev–Trinajstić information content (AvgIpc) is 3.34. The quantitative estimate of drug-likeness (QED) is 0.571. The monoisotopic (exact) mass is 427 g/mol. The van der Waals surface area contributed by atoms with Crippen molar-refractivity contribution in [1.29, 1.82) is 0 Å². The summed E-state index contributed by atoms with van der Waals surface area (Å²) in [6.07, 6.45) is 2.42. The van der Waals surface area contributed by atoms with Crippen LogP contribution in [0.1, 0.15) is 42.5 Å². The van der Waals surface area contributed by atoms with Gasteiger partial charge in [-0.05, 0) is 48.1 Å². The summed E-state index contributed by atoms with van der Waals surface area (Å²) in [5.74, 6) is -0.128. The Morgan fingerprint density at radius 2 is 1.50 bits per heavy atom. The molecule has 0 aromatic heterocycles. The van der Waals surface area contributed by atoms with E-state index in [1.54, 1.807) is 4.90 Å². The van der Waals surface area contributed by atoms with Crippen LogP contribution in [0.4, 0.5) is 10.5 Å². The Morgan fingerprint density at radius 1 is 0.906 bits per heavy atom. The van der Waals surface area contributed by atoms with Crippen molar-refractivity contribution in [2.45, 2.75) is 38.3 Å². The number of benzene rings is 3. The Bertz CT molecular complexity index is 996. The fraction of sp³-hybridized carbons (Fsp3) is 0.259. The molecular weight excluding hydrogens is 398 g/mol. The summed E-state index contributed by atoms with van der Waals surface area (Å²) in [4.78, 5) is 27.9. The van der Waals surface area contributed by atoms with Crippen LogP contribution >= 0.6 is 0 Å². The van der Waals surface area contributed by atoms with Crippen LogP contribution in [0.15, 0.2) is 84.9 Å². The molecule has 1 atom stereocenters. The van der Waals surface area contributed by atoms with E-state index in [9.17, 15) is 9.59 Å². The van der Waals surface area contributed by atoms with Crippen molar-refractivity contribution >= 4 is 17.6 Å². The number of urea groups is 1. The lowest BCUT2D eigenvalue weighted by atomic mass is 9.98. The minimum atomic E-state index is -0.486. The van der Waals surface area contributed by atoms with Gasteiger partial charge in [0.05, 0.1) is 6.04 Å². The highest BCUT2D eigenvalue weighted by Crippen LogP contribution is 2.25. The minimum Gasteiger partial charge on any atom is -0.343 e. The zero-order chi connectivity index (χ0) is 22.3. The smallest absolute Gasteiger partial charge is 0.322 e. The molecular formula is C27H29N3O2. The van der Waals surface area contributed by atoms with Gasteiger partial charge in [-0.1, -0.05) is 79.7 Å². The Morgan fingerprint density at radius 3 is 2.06 bits per heavy atom. The summed E-state index contributed by atoms with van der Waals surface area (Å²) in [6.45, 7) is 2.66. The largest absolute Gasteiger partial charge is 0.343 e. The number of nitrogens with one attached hydrogen (secondary N) is 2. The van der Waals surface area contributed by atoms with Crippen LogP contribution in [0.5, 0.6) is 0 Å². The number of likely N-dealkylation sites (tertiary alicyclic amines) is 1. The predicted molar refractivity (Wildman–Crippen MR) is 127 cm³/mol. The number of rotatable bonds is 6. The summed E-state index contributed by atoms with van der Waals surface area (Å²) in [7, 11) is 0. The van der Waals surface area contributed by atoms with Gasteiger partial charge in [-0.2, -0.15) is 0 Å². The molecule has 5 heteroatoms. The van der Waals surface area contributed by atoms with E-state index in [-0.39, 0.29) is 18.0 Å². The van der Waals surface area contributed by atoms with Gasteiger partial charge in [0.1, 0.15) is 6.04 Å². The second kappa shape index (κ2) is 10.1. The summed E-state index contributed by atoms with van der Waals surface area (Å²) in [6, 6.07) is 26.7. The van der Waals surface area contributed by atoms with Gasteiger partial charge in [0.15, 0.2) is 0 Å². The second-order valence-corrected chi connectivity index (χ2v) is 8.10. The van der Waals surface area contributed by atoms with Crippen molar-refractivity contribution in [2.75, 3.05) is 11.9 Å². The number of carbonyl (C=O) groups excluding carboxylic acids is 2. The van der Waals surface area contributed by atoms with E-state index in [1.165, 1.54) is 5.56 Å². The maximum absolute atomic E-state index is 13.3. The highest BCUT2D eigenvalue weighted by molar-refractivity contribution is 5.94. The van der Waals surface area contributed by atoms with E-state index in [1.807, 2.05) is 84.9 Å². The average molecular weight is 428 g/mol. The molecule has 164 valence electrons. The standard InChI is InChI=1S/C27H29N3O2/c1-2-20-15-17-23(18-16-20)28-27(32)30-19-9-14-24(30)26(31)29-25(21-10-5-3-6-11-21)22-12-7-4-8-13-22/h3-8,10-13,15-18,24-25H,2,9,14,19H2,1H3,(H,28,32)(H,29,31). The van der Waals surface area contributed by atoms with Crippen molar-refractivity contribution in [3.05, 3.63) is 102 Å². The number of hydrogen-bond donors (Lipinski definition) is 2. The molecule has 3 amide bonds. The lowest BCUT2D eigenvalue weighted by Crippen LogP contribution is -2.48. The van der Waals surface area contributed by atoms with Gasteiger partial charge in [0.25, 0.3) is 0 Å². The molecule has 0 aliphatic carbocycles. The van der Waals surface area contributed by atoms with Crippen LogP contribution in [0.3, 0.4) is 0 Å². The lowest BCUT2D eigenvalue weighted by Gasteiger charge is -2.27. The maximum Gasteiger partial charge on any atom is 0.322 e. The van der Waals surface area contributed by atoms with Crippen LogP contribution in [0.25, 0.3) is 0 Å². The first-order valence-corrected chi connectivity index (χ1v) is 11.2. The molecule has 5 nitrogen and oxygen atoms in total. The molecule has 4 rings (SSSR count). The Labute approximate surface area is 189 Å². The van der Waals surface area contributed by atoms with Gasteiger partial charge in [0.2, 0.25) is 5.91 Å². The molecule has 3 aromatic carbocycles. The lowest BCUT2D eigenvalue weighted by molar-refractivity contribution is -0.125. The van der Waals surface area contributed by atoms with Gasteiger partial charge < -0.3 is 15.5 Å². The Balaban J connectivity index is 1.48. The zero-order valence-corrected chi connectivity index (χ0v) is 18.3. The van der Waals surface area contributed by atoms with E-state index in [2.05, 4.69) is 17.6 Å². The normalized spacial score (nSPS) is 15.6. The third kappa shape index (κ3) is 4.99. The highest BCUT2D eigenvalue weighted by Gasteiger charge is 2.35. The molecule has 0 saturated carbocycles. The van der Waals surface area contributed by atoms with Crippen LogP contribution in [-0.2, 0) is 11.2 Å². The summed E-state index contributed by atoms with van der Waals surface area (Å²) >= 11 is 0. The summed E-state index contributed by atoms with van der Waals surface area (Å²) in [5.41, 5.74) is 3.98. The zero-order valence-electron chi connectivity index (χ0n) is 18.3. The molecule has 0 bridgehead atoms. The predicted octanol–water partition coefficient (Wildman–Crippen LogP) is 5.15. The molecule has 1 aliphatic heterocycles. The van der Waals surface area contributed by atoms with Crippen molar-refractivity contribution in [3.8, 4) is 0 Å². The Kier molecular flexibility index (Phi) is 6.85. The fourth-order valence-corrected chi connectivity index (χ4v) is 4.19. The van der Waals surface area contributed by atoms with Crippen molar-refractivity contribution in [2.24, 2.45) is 0 Å². The molecule has 32 heavy (non-hydrogen) atoms. The molecule has 1 heterocycles. The topological polar surface area (TPSA) is 61.4 Å². The molecule has 2 N–H and O–H groups in total. The molecule has 0 spiro atoms. The first-order valence-electron chi connectivity index (χ1n) is 11.2. The fourth-order valence-electron chi connectivity index (χ4n) is 4.19. The number of aryl methyl sites for hydroxylation is 1. The number of hydrogen-bond acceptors (Lipinski definition) is 2. The van der Waals surface area contributed by atoms with Crippen molar-refractivity contribution in [3.63, 3.8) is 0 Å². The molecule has 1 fully saturated rings. The van der Waals surface area contributed by atoms with Crippen LogP contribution in [-0.4, -0.2) is 29.4 Å². The van der Waals surface area contributed by atoms with E-state index >= 15 is 0 Å². The van der Waals surface area contributed by atoms with Gasteiger partial charge >= 0.3 is 6.03 Å². The van der Waals surface area contributed by atoms with Gasteiger partial charge in [-0.25, -0.2) is 4.79 Å². The van der Waals surface area contributed by atoms with Crippen molar-refractivity contribution in [1.82, 2.24) is 10.2 Å². The minimum absolute atomic E-state index is 0.128. The third-order valence-electron chi connectivity index (χ3n) is 5.98. The van der Waals surface area contributed by atoms with E-state index in [0.29, 0.717) is 13.0 Å². The third-order valence-corrected chi connectivity index (χ3v) is 5.98. The molecule has 1 saturated heterocycles. The summed E-state index contributed by atoms with van der Waals surface area (Å²) in [5, 5.41) is 6.14. The van der Waals surface area contributed by atoms with Crippen LogP contribution < -0.4 is 10.6 Å². The highest BCUT2D eigenvalue weighted by atomic mass is 16.2. The molecule has 3 aromatic rings. The van der Waals surface area contributed by atoms with Gasteiger partial charge in [-0.15, -0.1) is 0 Å². The molecule has 1 unspecified atom stereocenters. The van der Waals surface area contributed by atoms with Gasteiger partial charge in [0, 0.05) is 12.2 Å². The van der Waals surface area contributed by atoms with Crippen LogP contribution in [0.2, 0.25) is 0 Å². The van der Waals surface area contributed by atoms with Gasteiger partial charge in [-0.3, -0.25) is 4.79 Å². The number of amides is 3. The SMILES string of the molecule is CCc1ccc(NC(=O)N2CCCC2C(=O)NC(c2ccccc2)c2ccccc2)cc1. The first kappa shape index (κ1) is 21.6. The van der Waals surface area contributed by atoms with E-state index < -0.39 is 6.04 Å². The van der Waals surface area contributed by atoms with Crippen LogP contribution in [0, 0.1) is 0 Å². The number of anilines is 1.